The van der Waals surface area contributed by atoms with Crippen LogP contribution in [0.2, 0.25) is 0 Å². The van der Waals surface area contributed by atoms with Crippen LogP contribution >= 0.6 is 23.4 Å². The smallest absolute Gasteiger partial charge is 0.124 e. The Balaban J connectivity index is 2.40. The minimum atomic E-state index is 0.402. The molecule has 0 aliphatic rings. The highest BCUT2D eigenvalue weighted by molar-refractivity contribution is 7.99. The van der Waals surface area contributed by atoms with E-state index in [2.05, 4.69) is 47.7 Å². The van der Waals surface area contributed by atoms with E-state index in [0.29, 0.717) is 11.8 Å². The maximum Gasteiger partial charge on any atom is 0.124 e. The Bertz CT molecular complexity index is 520. The molecule has 2 nitrogen and oxygen atoms in total. The second-order valence-corrected chi connectivity index (χ2v) is 5.81. The number of nitrogens with zero attached hydrogens (tertiary/aromatic N) is 2. The lowest BCUT2D eigenvalue weighted by atomic mass is 10.2. The monoisotopic (exact) mass is 280 g/mol. The summed E-state index contributed by atoms with van der Waals surface area (Å²) in [5.41, 5.74) is 1.13. The van der Waals surface area contributed by atoms with Crippen LogP contribution in [0.4, 0.5) is 0 Å². The molecule has 0 amide bonds. The molecule has 1 heterocycles. The maximum absolute atomic E-state index is 5.93. The van der Waals surface area contributed by atoms with E-state index in [0.717, 1.165) is 11.5 Å². The van der Waals surface area contributed by atoms with Gasteiger partial charge in [-0.3, -0.25) is 0 Å². The summed E-state index contributed by atoms with van der Waals surface area (Å²) in [6.45, 7) is 4.32. The van der Waals surface area contributed by atoms with Crippen LogP contribution in [0.15, 0.2) is 40.3 Å². The number of imidazole rings is 1. The Morgan fingerprint density at radius 2 is 1.94 bits per heavy atom. The van der Waals surface area contributed by atoms with Crippen molar-refractivity contribution < 1.29 is 0 Å². The van der Waals surface area contributed by atoms with E-state index in [4.69, 9.17) is 11.6 Å². The largest absolute Gasteiger partial charge is 0.325 e. The van der Waals surface area contributed by atoms with Gasteiger partial charge in [0, 0.05) is 11.9 Å². The lowest BCUT2D eigenvalue weighted by Gasteiger charge is -2.08. The average Bonchev–Trinajstić information content (AvgIpc) is 2.68. The molecule has 1 aromatic carbocycles. The third-order valence-electron chi connectivity index (χ3n) is 2.78. The van der Waals surface area contributed by atoms with Crippen LogP contribution < -0.4 is 0 Å². The molecule has 0 aliphatic carbocycles. The third kappa shape index (κ3) is 2.73. The molecule has 0 atom stereocenters. The Hall–Kier alpha value is -0.930. The number of hydrogen-bond donors (Lipinski definition) is 0. The Morgan fingerprint density at radius 3 is 2.50 bits per heavy atom. The molecule has 0 bridgehead atoms. The highest BCUT2D eigenvalue weighted by Crippen LogP contribution is 2.34. The highest BCUT2D eigenvalue weighted by atomic mass is 35.5. The van der Waals surface area contributed by atoms with Crippen LogP contribution in [0.25, 0.3) is 0 Å². The van der Waals surface area contributed by atoms with Crippen molar-refractivity contribution in [2.24, 2.45) is 7.05 Å². The summed E-state index contributed by atoms with van der Waals surface area (Å²) in [4.78, 5) is 5.86. The summed E-state index contributed by atoms with van der Waals surface area (Å²) in [6, 6.07) is 10.4. The van der Waals surface area contributed by atoms with Crippen molar-refractivity contribution in [2.45, 2.75) is 35.6 Å². The summed E-state index contributed by atoms with van der Waals surface area (Å²) in [5.74, 6) is 1.78. The normalized spacial score (nSPS) is 11.2. The topological polar surface area (TPSA) is 17.8 Å². The van der Waals surface area contributed by atoms with Crippen LogP contribution in [-0.2, 0) is 12.9 Å². The van der Waals surface area contributed by atoms with Gasteiger partial charge in [0.05, 0.1) is 11.6 Å². The molecule has 1 aromatic heterocycles. The minimum Gasteiger partial charge on any atom is -0.325 e. The summed E-state index contributed by atoms with van der Waals surface area (Å²) in [7, 11) is 2.03. The minimum absolute atomic E-state index is 0.402. The number of benzene rings is 1. The van der Waals surface area contributed by atoms with E-state index in [1.165, 1.54) is 9.92 Å². The van der Waals surface area contributed by atoms with Gasteiger partial charge < -0.3 is 4.57 Å². The van der Waals surface area contributed by atoms with Crippen molar-refractivity contribution in [3.63, 3.8) is 0 Å². The van der Waals surface area contributed by atoms with Crippen molar-refractivity contribution in [3.8, 4) is 0 Å². The molecular weight excluding hydrogens is 264 g/mol. The molecule has 0 saturated carbocycles. The van der Waals surface area contributed by atoms with Crippen LogP contribution in [0.1, 0.15) is 31.3 Å². The number of aromatic nitrogens is 2. The van der Waals surface area contributed by atoms with Crippen molar-refractivity contribution in [1.29, 1.82) is 0 Å². The predicted octanol–water partition coefficient (Wildman–Crippen LogP) is 4.43. The Labute approximate surface area is 117 Å². The molecule has 0 spiro atoms. The number of halogens is 1. The maximum atomic E-state index is 5.93. The van der Waals surface area contributed by atoms with Gasteiger partial charge in [-0.15, -0.1) is 11.6 Å². The fourth-order valence-corrected chi connectivity index (χ4v) is 3.15. The average molecular weight is 281 g/mol. The SMILES string of the molecule is CC(C)c1nc(CCl)n(C)c1Sc1ccccc1. The van der Waals surface area contributed by atoms with Gasteiger partial charge in [-0.25, -0.2) is 4.98 Å². The van der Waals surface area contributed by atoms with E-state index in [-0.39, 0.29) is 0 Å². The second-order valence-electron chi connectivity index (χ2n) is 4.48. The predicted molar refractivity (Wildman–Crippen MR) is 77.4 cm³/mol. The zero-order valence-corrected chi connectivity index (χ0v) is 12.4. The molecule has 0 N–H and O–H groups in total. The molecular formula is C14H17ClN2S. The number of hydrogen-bond acceptors (Lipinski definition) is 2. The first-order valence-corrected chi connectivity index (χ1v) is 7.33. The summed E-state index contributed by atoms with van der Waals surface area (Å²) in [5, 5.41) is 1.19. The molecule has 0 aliphatic heterocycles. The molecule has 0 saturated heterocycles. The van der Waals surface area contributed by atoms with Gasteiger partial charge in [0.1, 0.15) is 10.9 Å². The van der Waals surface area contributed by atoms with Gasteiger partial charge in [-0.05, 0) is 18.1 Å². The van der Waals surface area contributed by atoms with Gasteiger partial charge in [0.25, 0.3) is 0 Å². The lowest BCUT2D eigenvalue weighted by molar-refractivity contribution is 0.751. The molecule has 96 valence electrons. The Morgan fingerprint density at radius 1 is 1.28 bits per heavy atom. The van der Waals surface area contributed by atoms with Crippen molar-refractivity contribution in [3.05, 3.63) is 41.9 Å². The lowest BCUT2D eigenvalue weighted by Crippen LogP contribution is -1.96. The highest BCUT2D eigenvalue weighted by Gasteiger charge is 2.17. The van der Waals surface area contributed by atoms with E-state index in [1.54, 1.807) is 11.8 Å². The third-order valence-corrected chi connectivity index (χ3v) is 4.21. The fraction of sp³-hybridized carbons (Fsp3) is 0.357. The molecule has 18 heavy (non-hydrogen) atoms. The zero-order valence-electron chi connectivity index (χ0n) is 10.9. The quantitative estimate of drug-likeness (QED) is 0.771. The van der Waals surface area contributed by atoms with Crippen molar-refractivity contribution in [2.75, 3.05) is 0 Å². The van der Waals surface area contributed by atoms with Gasteiger partial charge in [0.15, 0.2) is 0 Å². The number of rotatable bonds is 4. The van der Waals surface area contributed by atoms with Crippen LogP contribution in [0, 0.1) is 0 Å². The first kappa shape index (κ1) is 13.5. The van der Waals surface area contributed by atoms with Gasteiger partial charge in [-0.2, -0.15) is 0 Å². The van der Waals surface area contributed by atoms with Crippen LogP contribution in [0.3, 0.4) is 0 Å². The molecule has 0 unspecified atom stereocenters. The van der Waals surface area contributed by atoms with E-state index >= 15 is 0 Å². The van der Waals surface area contributed by atoms with Crippen LogP contribution in [-0.4, -0.2) is 9.55 Å². The first-order valence-electron chi connectivity index (χ1n) is 5.97. The van der Waals surface area contributed by atoms with Gasteiger partial charge in [0.2, 0.25) is 0 Å². The fourth-order valence-electron chi connectivity index (χ4n) is 1.77. The van der Waals surface area contributed by atoms with Crippen molar-refractivity contribution in [1.82, 2.24) is 9.55 Å². The standard InChI is InChI=1S/C14H17ClN2S/c1-10(2)13-14(17(3)12(9-15)16-13)18-11-7-5-4-6-8-11/h4-8,10H,9H2,1-3H3. The van der Waals surface area contributed by atoms with Gasteiger partial charge >= 0.3 is 0 Å². The number of alkyl halides is 1. The molecule has 4 heteroatoms. The summed E-state index contributed by atoms with van der Waals surface area (Å²) in [6.07, 6.45) is 0. The first-order chi connectivity index (χ1) is 8.63. The summed E-state index contributed by atoms with van der Waals surface area (Å²) >= 11 is 7.68. The Kier molecular flexibility index (Phi) is 4.36. The zero-order chi connectivity index (χ0) is 13.1. The summed E-state index contributed by atoms with van der Waals surface area (Å²) < 4.78 is 2.10. The second kappa shape index (κ2) is 5.81. The van der Waals surface area contributed by atoms with E-state index in [1.807, 2.05) is 13.1 Å². The molecule has 2 rings (SSSR count). The molecule has 0 radical (unpaired) electrons. The molecule has 0 fully saturated rings. The van der Waals surface area contributed by atoms with E-state index < -0.39 is 0 Å². The van der Waals surface area contributed by atoms with E-state index in [9.17, 15) is 0 Å². The molecule has 2 aromatic rings. The van der Waals surface area contributed by atoms with Crippen LogP contribution in [0.5, 0.6) is 0 Å². The van der Waals surface area contributed by atoms with Gasteiger partial charge in [-0.1, -0.05) is 43.8 Å². The van der Waals surface area contributed by atoms with Crippen molar-refractivity contribution >= 4 is 23.4 Å².